The van der Waals surface area contributed by atoms with E-state index in [-0.39, 0.29) is 16.1 Å². The normalized spacial score (nSPS) is 23.3. The zero-order valence-corrected chi connectivity index (χ0v) is 21.1. The number of hydrogen-bond acceptors (Lipinski definition) is 7. The maximum absolute atomic E-state index is 12.9. The van der Waals surface area contributed by atoms with Crippen molar-refractivity contribution in [3.63, 3.8) is 0 Å². The molecule has 0 aliphatic carbocycles. The molecule has 0 radical (unpaired) electrons. The first kappa shape index (κ1) is 23.3. The fraction of sp³-hybridized carbons (Fsp3) is 0.440. The van der Waals surface area contributed by atoms with E-state index in [9.17, 15) is 8.42 Å². The largest absolute Gasteiger partial charge is 0.493 e. The van der Waals surface area contributed by atoms with Gasteiger partial charge in [0.15, 0.2) is 0 Å². The molecule has 9 heteroatoms. The summed E-state index contributed by atoms with van der Waals surface area (Å²) in [5.41, 5.74) is 2.41. The molecule has 0 bridgehead atoms. The molecule has 1 saturated heterocycles. The van der Waals surface area contributed by atoms with Gasteiger partial charge in [0.05, 0.1) is 11.5 Å². The third kappa shape index (κ3) is 4.69. The van der Waals surface area contributed by atoms with Crippen LogP contribution >= 0.6 is 11.5 Å². The van der Waals surface area contributed by atoms with Crippen molar-refractivity contribution >= 4 is 26.7 Å². The number of hydrogen-bond donors (Lipinski definition) is 1. The van der Waals surface area contributed by atoms with Crippen LogP contribution in [0.3, 0.4) is 0 Å². The first-order valence-electron chi connectivity index (χ1n) is 11.8. The number of ether oxygens (including phenoxy) is 1. The zero-order valence-electron chi connectivity index (χ0n) is 19.4. The van der Waals surface area contributed by atoms with Crippen molar-refractivity contribution in [3.8, 4) is 5.75 Å². The van der Waals surface area contributed by atoms with Crippen LogP contribution in [0.5, 0.6) is 5.75 Å². The highest BCUT2D eigenvalue weighted by atomic mass is 32.2. The average Bonchev–Trinajstić information content (AvgIpc) is 3.36. The number of likely N-dealkylation sites (tertiary alicyclic amines) is 1. The third-order valence-electron chi connectivity index (χ3n) is 7.10. The SMILES string of the molecule is CC(C)[C@@H]1CCN([C@@H]2CCOc3cc(S(=O)(=O)Nc4ncns4)ccc32)[C@H](c2ccccc2)C1. The van der Waals surface area contributed by atoms with Crippen molar-refractivity contribution in [3.05, 3.63) is 66.0 Å². The highest BCUT2D eigenvalue weighted by molar-refractivity contribution is 7.93. The molecule has 2 aromatic carbocycles. The molecule has 1 N–H and O–H groups in total. The summed E-state index contributed by atoms with van der Waals surface area (Å²) in [5.74, 6) is 2.00. The van der Waals surface area contributed by atoms with E-state index in [1.165, 1.54) is 18.3 Å². The van der Waals surface area contributed by atoms with Gasteiger partial charge in [0, 0.05) is 41.7 Å². The molecule has 2 aliphatic rings. The van der Waals surface area contributed by atoms with Gasteiger partial charge in [-0.1, -0.05) is 50.2 Å². The van der Waals surface area contributed by atoms with Gasteiger partial charge in [0.2, 0.25) is 5.13 Å². The van der Waals surface area contributed by atoms with Gasteiger partial charge >= 0.3 is 0 Å². The van der Waals surface area contributed by atoms with E-state index < -0.39 is 10.0 Å². The monoisotopic (exact) mass is 498 g/mol. The van der Waals surface area contributed by atoms with Crippen LogP contribution < -0.4 is 9.46 Å². The minimum absolute atomic E-state index is 0.167. The molecule has 0 spiro atoms. The minimum atomic E-state index is -3.77. The number of nitrogens with one attached hydrogen (secondary N) is 1. The van der Waals surface area contributed by atoms with E-state index in [1.807, 2.05) is 6.07 Å². The predicted octanol–water partition coefficient (Wildman–Crippen LogP) is 5.27. The van der Waals surface area contributed by atoms with Crippen LogP contribution in [0.4, 0.5) is 5.13 Å². The fourth-order valence-corrected chi connectivity index (χ4v) is 6.92. The van der Waals surface area contributed by atoms with Gasteiger partial charge in [0.25, 0.3) is 10.0 Å². The molecule has 1 fully saturated rings. The number of rotatable bonds is 6. The Hall–Kier alpha value is -2.49. The molecule has 7 nitrogen and oxygen atoms in total. The summed E-state index contributed by atoms with van der Waals surface area (Å²) in [6.45, 7) is 6.23. The lowest BCUT2D eigenvalue weighted by atomic mass is 9.79. The Morgan fingerprint density at radius 1 is 1.12 bits per heavy atom. The van der Waals surface area contributed by atoms with E-state index in [2.05, 4.69) is 63.2 Å². The summed E-state index contributed by atoms with van der Waals surface area (Å²) in [7, 11) is -3.77. The van der Waals surface area contributed by atoms with Crippen LogP contribution in [0.25, 0.3) is 0 Å². The van der Waals surface area contributed by atoms with Crippen LogP contribution in [0.1, 0.15) is 56.3 Å². The van der Waals surface area contributed by atoms with Crippen molar-refractivity contribution in [2.45, 2.75) is 50.1 Å². The molecule has 0 unspecified atom stereocenters. The Balaban J connectivity index is 1.45. The first-order valence-corrected chi connectivity index (χ1v) is 14.0. The molecule has 3 atom stereocenters. The maximum Gasteiger partial charge on any atom is 0.263 e. The number of anilines is 1. The summed E-state index contributed by atoms with van der Waals surface area (Å²) in [5, 5.41) is 0.246. The number of aromatic nitrogens is 2. The molecule has 34 heavy (non-hydrogen) atoms. The molecule has 2 aliphatic heterocycles. The van der Waals surface area contributed by atoms with Crippen molar-refractivity contribution in [2.75, 3.05) is 17.9 Å². The molecule has 5 rings (SSSR count). The van der Waals surface area contributed by atoms with Crippen molar-refractivity contribution < 1.29 is 13.2 Å². The summed E-state index contributed by atoms with van der Waals surface area (Å²) in [6, 6.07) is 16.5. The predicted molar refractivity (Wildman–Crippen MR) is 133 cm³/mol. The number of fused-ring (bicyclic) bond motifs is 1. The molecule has 3 aromatic rings. The smallest absolute Gasteiger partial charge is 0.263 e. The molecular weight excluding hydrogens is 468 g/mol. The Labute approximate surface area is 205 Å². The Bertz CT molecular complexity index is 1220. The molecular formula is C25H30N4O3S2. The summed E-state index contributed by atoms with van der Waals surface area (Å²) < 4.78 is 38.1. The second-order valence-corrected chi connectivity index (χ2v) is 11.9. The third-order valence-corrected chi connectivity index (χ3v) is 9.14. The van der Waals surface area contributed by atoms with E-state index in [0.717, 1.165) is 36.5 Å². The van der Waals surface area contributed by atoms with Crippen molar-refractivity contribution in [1.29, 1.82) is 0 Å². The number of benzene rings is 2. The Morgan fingerprint density at radius 2 is 1.94 bits per heavy atom. The lowest BCUT2D eigenvalue weighted by Gasteiger charge is -2.46. The van der Waals surface area contributed by atoms with Gasteiger partial charge in [-0.05, 0) is 42.9 Å². The van der Waals surface area contributed by atoms with E-state index in [0.29, 0.717) is 30.2 Å². The highest BCUT2D eigenvalue weighted by Gasteiger charge is 2.38. The summed E-state index contributed by atoms with van der Waals surface area (Å²) in [6.07, 6.45) is 4.52. The molecule has 0 saturated carbocycles. The van der Waals surface area contributed by atoms with Gasteiger partial charge in [0.1, 0.15) is 12.1 Å². The lowest BCUT2D eigenvalue weighted by Crippen LogP contribution is -2.42. The van der Waals surface area contributed by atoms with Gasteiger partial charge in [-0.25, -0.2) is 13.4 Å². The van der Waals surface area contributed by atoms with E-state index in [4.69, 9.17) is 4.74 Å². The molecule has 180 valence electrons. The van der Waals surface area contributed by atoms with Gasteiger partial charge in [-0.15, -0.1) is 0 Å². The fourth-order valence-electron chi connectivity index (χ4n) is 5.25. The standard InChI is InChI=1S/C25H30N4O3S2/c1-17(2)19-10-12-29(23(14-19)18-6-4-3-5-7-18)22-11-13-32-24-15-20(8-9-21(22)24)34(30,31)28-25-26-16-27-33-25/h3-9,15-17,19,22-23H,10-14H2,1-2H3,(H,26,27,28)/t19-,22-,23+/m1/s1. The number of piperidine rings is 1. The lowest BCUT2D eigenvalue weighted by molar-refractivity contribution is 0.0346. The summed E-state index contributed by atoms with van der Waals surface area (Å²) >= 11 is 1.00. The maximum atomic E-state index is 12.9. The van der Waals surface area contributed by atoms with Gasteiger partial charge in [-0.3, -0.25) is 9.62 Å². The minimum Gasteiger partial charge on any atom is -0.493 e. The van der Waals surface area contributed by atoms with Crippen LogP contribution in [-0.4, -0.2) is 35.8 Å². The van der Waals surface area contributed by atoms with Crippen molar-refractivity contribution in [1.82, 2.24) is 14.3 Å². The summed E-state index contributed by atoms with van der Waals surface area (Å²) in [4.78, 5) is 6.70. The highest BCUT2D eigenvalue weighted by Crippen LogP contribution is 2.46. The van der Waals surface area contributed by atoms with Crippen LogP contribution in [-0.2, 0) is 10.0 Å². The molecule has 0 amide bonds. The average molecular weight is 499 g/mol. The van der Waals surface area contributed by atoms with Gasteiger partial charge < -0.3 is 4.74 Å². The topological polar surface area (TPSA) is 84.4 Å². The van der Waals surface area contributed by atoms with Crippen LogP contribution in [0.15, 0.2) is 59.8 Å². The zero-order chi connectivity index (χ0) is 23.7. The Kier molecular flexibility index (Phi) is 6.59. The van der Waals surface area contributed by atoms with E-state index in [1.54, 1.807) is 12.1 Å². The number of sulfonamides is 1. The van der Waals surface area contributed by atoms with Crippen LogP contribution in [0, 0.1) is 11.8 Å². The van der Waals surface area contributed by atoms with Gasteiger partial charge in [-0.2, -0.15) is 4.37 Å². The first-order chi connectivity index (χ1) is 16.4. The van der Waals surface area contributed by atoms with E-state index >= 15 is 0 Å². The number of nitrogens with zero attached hydrogens (tertiary/aromatic N) is 3. The second kappa shape index (κ2) is 9.64. The molecule has 1 aromatic heterocycles. The quantitative estimate of drug-likeness (QED) is 0.498. The van der Waals surface area contributed by atoms with Crippen molar-refractivity contribution in [2.24, 2.45) is 11.8 Å². The second-order valence-electron chi connectivity index (χ2n) is 9.40. The molecule has 3 heterocycles. The Morgan fingerprint density at radius 3 is 2.68 bits per heavy atom. The van der Waals surface area contributed by atoms with Crippen LogP contribution in [0.2, 0.25) is 0 Å².